The van der Waals surface area contributed by atoms with Crippen LogP contribution < -0.4 is 5.32 Å². The van der Waals surface area contributed by atoms with Crippen molar-refractivity contribution in [3.05, 3.63) is 138 Å². The van der Waals surface area contributed by atoms with E-state index in [1.165, 1.54) is 0 Å². The van der Waals surface area contributed by atoms with Crippen molar-refractivity contribution in [1.82, 2.24) is 15.2 Å². The second-order valence-corrected chi connectivity index (χ2v) is 10.6. The van der Waals surface area contributed by atoms with Crippen LogP contribution in [0.2, 0.25) is 0 Å². The molecule has 7 heteroatoms. The molecule has 2 heterocycles. The van der Waals surface area contributed by atoms with E-state index in [9.17, 15) is 9.90 Å². The summed E-state index contributed by atoms with van der Waals surface area (Å²) in [6.45, 7) is 5.80. The molecule has 1 saturated heterocycles. The number of benzene rings is 3. The van der Waals surface area contributed by atoms with E-state index in [0.29, 0.717) is 12.1 Å². The Hall–Kier alpha value is -4.14. The molecule has 3 atom stereocenters. The average molecular weight is 564 g/mol. The van der Waals surface area contributed by atoms with Crippen LogP contribution in [-0.4, -0.2) is 47.1 Å². The first-order valence-electron chi connectivity index (χ1n) is 14.2. The number of nitrogens with zero attached hydrogens (tertiary/aromatic N) is 2. The molecule has 0 saturated carbocycles. The number of carbonyl (C=O) groups is 1. The number of ether oxygens (including phenoxy) is 2. The van der Waals surface area contributed by atoms with Gasteiger partial charge in [0.2, 0.25) is 0 Å². The van der Waals surface area contributed by atoms with Gasteiger partial charge in [0.1, 0.15) is 0 Å². The van der Waals surface area contributed by atoms with Crippen molar-refractivity contribution in [2.75, 3.05) is 20.1 Å². The third-order valence-electron chi connectivity index (χ3n) is 7.45. The molecule has 1 aliphatic rings. The topological polar surface area (TPSA) is 83.9 Å². The SMILES string of the molecule is C=CCN(C)C[C@H]1C[C@@H](c2ccc(CO)cc2)O[C@@H](c2ccc(-c3ccccc3CNC(=O)c3cccnc3)cc2)O1. The lowest BCUT2D eigenvalue weighted by Gasteiger charge is -2.37. The van der Waals surface area contributed by atoms with Gasteiger partial charge in [-0.15, -0.1) is 6.58 Å². The molecular formula is C35H37N3O4. The number of aliphatic hydroxyl groups is 1. The minimum absolute atomic E-state index is 0.0128. The number of carbonyl (C=O) groups excluding carboxylic acids is 1. The van der Waals surface area contributed by atoms with Gasteiger partial charge in [-0.05, 0) is 47.0 Å². The monoisotopic (exact) mass is 563 g/mol. The Bertz CT molecular complexity index is 1460. The molecule has 2 N–H and O–H groups in total. The molecule has 0 bridgehead atoms. The Morgan fingerprint density at radius 1 is 1.02 bits per heavy atom. The lowest BCUT2D eigenvalue weighted by Crippen LogP contribution is -2.37. The maximum Gasteiger partial charge on any atom is 0.253 e. The first kappa shape index (κ1) is 29.4. The minimum Gasteiger partial charge on any atom is -0.392 e. The van der Waals surface area contributed by atoms with E-state index in [0.717, 1.165) is 52.9 Å². The smallest absolute Gasteiger partial charge is 0.253 e. The fourth-order valence-electron chi connectivity index (χ4n) is 5.23. The number of amides is 1. The predicted molar refractivity (Wildman–Crippen MR) is 163 cm³/mol. The average Bonchev–Trinajstić information content (AvgIpc) is 3.04. The molecule has 42 heavy (non-hydrogen) atoms. The highest BCUT2D eigenvalue weighted by atomic mass is 16.7. The molecule has 0 spiro atoms. The molecule has 1 amide bonds. The van der Waals surface area contributed by atoms with Crippen LogP contribution in [0.25, 0.3) is 11.1 Å². The summed E-state index contributed by atoms with van der Waals surface area (Å²) in [5, 5.41) is 12.5. The van der Waals surface area contributed by atoms with Crippen molar-refractivity contribution in [2.24, 2.45) is 0 Å². The summed E-state index contributed by atoms with van der Waals surface area (Å²) in [4.78, 5) is 18.8. The van der Waals surface area contributed by atoms with E-state index in [-0.39, 0.29) is 24.7 Å². The molecule has 0 radical (unpaired) electrons. The van der Waals surface area contributed by atoms with Gasteiger partial charge in [-0.1, -0.05) is 78.9 Å². The van der Waals surface area contributed by atoms with Gasteiger partial charge < -0.3 is 24.8 Å². The van der Waals surface area contributed by atoms with Crippen molar-refractivity contribution in [2.45, 2.75) is 38.1 Å². The van der Waals surface area contributed by atoms with Gasteiger partial charge in [0.05, 0.1) is 24.4 Å². The number of aliphatic hydroxyl groups excluding tert-OH is 1. The van der Waals surface area contributed by atoms with E-state index in [4.69, 9.17) is 9.47 Å². The van der Waals surface area contributed by atoms with Crippen LogP contribution in [0.3, 0.4) is 0 Å². The first-order valence-corrected chi connectivity index (χ1v) is 14.2. The number of nitrogens with one attached hydrogen (secondary N) is 1. The summed E-state index contributed by atoms with van der Waals surface area (Å²) < 4.78 is 13.0. The quantitative estimate of drug-likeness (QED) is 0.223. The van der Waals surface area contributed by atoms with Gasteiger partial charge in [0, 0.05) is 44.0 Å². The summed E-state index contributed by atoms with van der Waals surface area (Å²) >= 11 is 0. The molecule has 3 aromatic carbocycles. The van der Waals surface area contributed by atoms with Gasteiger partial charge >= 0.3 is 0 Å². The van der Waals surface area contributed by atoms with Gasteiger partial charge in [-0.3, -0.25) is 9.78 Å². The normalized spacial score (nSPS) is 18.5. The highest BCUT2D eigenvalue weighted by Gasteiger charge is 2.32. The summed E-state index contributed by atoms with van der Waals surface area (Å²) in [5.41, 5.74) is 6.51. The van der Waals surface area contributed by atoms with Crippen molar-refractivity contribution < 1.29 is 19.4 Å². The minimum atomic E-state index is -0.522. The number of hydrogen-bond donors (Lipinski definition) is 2. The van der Waals surface area contributed by atoms with Crippen LogP contribution in [-0.2, 0) is 22.6 Å². The van der Waals surface area contributed by atoms with Crippen molar-refractivity contribution in [3.8, 4) is 11.1 Å². The first-order chi connectivity index (χ1) is 20.5. The Kier molecular flexibility index (Phi) is 9.90. The lowest BCUT2D eigenvalue weighted by molar-refractivity contribution is -0.252. The molecule has 5 rings (SSSR count). The second kappa shape index (κ2) is 14.2. The van der Waals surface area contributed by atoms with E-state index >= 15 is 0 Å². The zero-order valence-corrected chi connectivity index (χ0v) is 23.9. The second-order valence-electron chi connectivity index (χ2n) is 10.6. The van der Waals surface area contributed by atoms with E-state index in [1.807, 2.05) is 60.7 Å². The molecule has 4 aromatic rings. The molecule has 1 aliphatic heterocycles. The maximum atomic E-state index is 12.6. The summed E-state index contributed by atoms with van der Waals surface area (Å²) in [6, 6.07) is 27.7. The third kappa shape index (κ3) is 7.38. The van der Waals surface area contributed by atoms with Gasteiger partial charge in [0.25, 0.3) is 5.91 Å². The van der Waals surface area contributed by atoms with E-state index in [1.54, 1.807) is 24.5 Å². The molecular weight excluding hydrogens is 526 g/mol. The molecule has 0 aliphatic carbocycles. The van der Waals surface area contributed by atoms with Crippen LogP contribution in [0, 0.1) is 0 Å². The molecule has 1 aromatic heterocycles. The highest BCUT2D eigenvalue weighted by Crippen LogP contribution is 2.38. The van der Waals surface area contributed by atoms with Crippen LogP contribution in [0.4, 0.5) is 0 Å². The number of hydrogen-bond acceptors (Lipinski definition) is 6. The Labute approximate surface area is 247 Å². The van der Waals surface area contributed by atoms with Crippen molar-refractivity contribution >= 4 is 5.91 Å². The number of pyridine rings is 1. The predicted octanol–water partition coefficient (Wildman–Crippen LogP) is 5.83. The molecule has 1 fully saturated rings. The van der Waals surface area contributed by atoms with Gasteiger partial charge in [-0.25, -0.2) is 0 Å². The number of rotatable bonds is 11. The van der Waals surface area contributed by atoms with E-state index in [2.05, 4.69) is 47.0 Å². The largest absolute Gasteiger partial charge is 0.392 e. The number of aromatic nitrogens is 1. The van der Waals surface area contributed by atoms with Crippen LogP contribution >= 0.6 is 0 Å². The summed E-state index contributed by atoms with van der Waals surface area (Å²) in [7, 11) is 2.06. The fraction of sp³-hybridized carbons (Fsp3) is 0.257. The molecule has 7 nitrogen and oxygen atoms in total. The van der Waals surface area contributed by atoms with Crippen LogP contribution in [0.15, 0.2) is 110 Å². The lowest BCUT2D eigenvalue weighted by atomic mass is 9.97. The molecule has 0 unspecified atom stereocenters. The summed E-state index contributed by atoms with van der Waals surface area (Å²) in [6.07, 6.45) is 5.14. The third-order valence-corrected chi connectivity index (χ3v) is 7.45. The van der Waals surface area contributed by atoms with Gasteiger partial charge in [-0.2, -0.15) is 0 Å². The van der Waals surface area contributed by atoms with Crippen molar-refractivity contribution in [3.63, 3.8) is 0 Å². The Morgan fingerprint density at radius 3 is 2.50 bits per heavy atom. The zero-order valence-electron chi connectivity index (χ0n) is 23.9. The Morgan fingerprint density at radius 2 is 1.79 bits per heavy atom. The van der Waals surface area contributed by atoms with E-state index < -0.39 is 6.29 Å². The maximum absolute atomic E-state index is 12.6. The van der Waals surface area contributed by atoms with Crippen LogP contribution in [0.1, 0.15) is 51.4 Å². The fourth-order valence-corrected chi connectivity index (χ4v) is 5.23. The highest BCUT2D eigenvalue weighted by molar-refractivity contribution is 5.93. The van der Waals surface area contributed by atoms with Gasteiger partial charge in [0.15, 0.2) is 6.29 Å². The molecule has 216 valence electrons. The van der Waals surface area contributed by atoms with Crippen molar-refractivity contribution in [1.29, 1.82) is 0 Å². The summed E-state index contributed by atoms with van der Waals surface area (Å²) in [5.74, 6) is -0.159. The Balaban J connectivity index is 1.33. The standard InChI is InChI=1S/C35H37N3O4/c1-3-19-38(2)23-31-20-33(27-12-10-25(24-39)11-13-27)42-35(41-31)28-16-14-26(15-17-28)32-9-5-4-7-29(32)22-37-34(40)30-8-6-18-36-21-30/h3-18,21,31,33,35,39H,1,19-20,22-24H2,2H3,(H,37,40)/t31-,33+,35+/m1/s1. The zero-order chi connectivity index (χ0) is 29.3. The van der Waals surface area contributed by atoms with Crippen LogP contribution in [0.5, 0.6) is 0 Å². The number of likely N-dealkylation sites (N-methyl/N-ethyl adjacent to an activating group) is 1.